The summed E-state index contributed by atoms with van der Waals surface area (Å²) in [5.74, 6) is 0.854. The molecule has 3 heterocycles. The lowest BCUT2D eigenvalue weighted by molar-refractivity contribution is -0.691. The molecule has 0 aliphatic carbocycles. The molecule has 0 unspecified atom stereocenters. The molecule has 0 saturated carbocycles. The lowest BCUT2D eigenvalue weighted by Crippen LogP contribution is -3.00. The molecule has 2 N–H and O–H groups in total. The number of hydrogen-bond donors (Lipinski definition) is 2. The Labute approximate surface area is 230 Å². The van der Waals surface area contributed by atoms with Crippen molar-refractivity contribution in [2.75, 3.05) is 10.6 Å². The lowest BCUT2D eigenvalue weighted by atomic mass is 10.3. The van der Waals surface area contributed by atoms with Crippen LogP contribution in [0.1, 0.15) is 33.7 Å². The Balaban J connectivity index is 0.000000196. The maximum atomic E-state index is 4.50. The van der Waals surface area contributed by atoms with Gasteiger partial charge < -0.3 is 34.6 Å². The van der Waals surface area contributed by atoms with Gasteiger partial charge in [0, 0.05) is 24.1 Å². The molecular weight excluding hydrogens is 559 g/mol. The average Bonchev–Trinajstić information content (AvgIpc) is 3.27. The molecule has 0 fully saturated rings. The fourth-order valence-corrected chi connectivity index (χ4v) is 3.80. The van der Waals surface area contributed by atoms with Gasteiger partial charge in [-0.2, -0.15) is 4.57 Å². The van der Waals surface area contributed by atoms with E-state index in [1.165, 1.54) is 0 Å². The fourth-order valence-electron chi connectivity index (χ4n) is 3.80. The van der Waals surface area contributed by atoms with Crippen LogP contribution in [0, 0.1) is 0 Å². The zero-order chi connectivity index (χ0) is 24.6. The van der Waals surface area contributed by atoms with Gasteiger partial charge in [-0.15, -0.1) is 0 Å². The number of rotatable bonds is 6. The SMILES string of the molecule is CC(C)Nc1cccnc1Nc1ccccc1.CC(C)[n+]1cn(-c2ccccc2)c2ncccc21.[I-]. The van der Waals surface area contributed by atoms with E-state index in [1.54, 1.807) is 6.20 Å². The third-order valence-electron chi connectivity index (χ3n) is 5.39. The van der Waals surface area contributed by atoms with E-state index in [-0.39, 0.29) is 24.0 Å². The van der Waals surface area contributed by atoms with Gasteiger partial charge in [0.1, 0.15) is 5.69 Å². The summed E-state index contributed by atoms with van der Waals surface area (Å²) in [6.45, 7) is 8.59. The Morgan fingerprint density at radius 1 is 0.750 bits per heavy atom. The zero-order valence-electron chi connectivity index (χ0n) is 21.1. The van der Waals surface area contributed by atoms with E-state index < -0.39 is 0 Å². The van der Waals surface area contributed by atoms with Crippen molar-refractivity contribution in [3.05, 3.63) is 104 Å². The Morgan fingerprint density at radius 2 is 1.39 bits per heavy atom. The third kappa shape index (κ3) is 6.81. The van der Waals surface area contributed by atoms with Crippen LogP contribution >= 0.6 is 0 Å². The highest BCUT2D eigenvalue weighted by Crippen LogP contribution is 2.23. The molecule has 5 rings (SSSR count). The van der Waals surface area contributed by atoms with Crippen molar-refractivity contribution >= 4 is 28.4 Å². The summed E-state index contributed by atoms with van der Waals surface area (Å²) >= 11 is 0. The number of fused-ring (bicyclic) bond motifs is 1. The summed E-state index contributed by atoms with van der Waals surface area (Å²) in [6, 6.07) is 29.2. The van der Waals surface area contributed by atoms with Crippen molar-refractivity contribution in [3.63, 3.8) is 0 Å². The molecule has 0 bridgehead atoms. The molecule has 0 spiro atoms. The molecule has 3 aromatic heterocycles. The summed E-state index contributed by atoms with van der Waals surface area (Å²) in [5, 5.41) is 6.67. The standard InChI is InChI=1S/C15H16N3.C14H17N3.HI/c1-12(2)17-11-18(13-7-4-3-5-8-13)15-14(17)9-6-10-16-15;1-11(2)16-13-9-6-10-15-14(13)17-12-7-4-3-5-8-12;/h3-12H,1-2H3;3-11,16H,1-2H3,(H,15,17);1H/q+1;;/p-1. The van der Waals surface area contributed by atoms with Gasteiger partial charge in [-0.05, 0) is 76.2 Å². The van der Waals surface area contributed by atoms with Crippen molar-refractivity contribution in [2.24, 2.45) is 0 Å². The second kappa shape index (κ2) is 13.0. The van der Waals surface area contributed by atoms with E-state index in [0.29, 0.717) is 12.1 Å². The second-order valence-electron chi connectivity index (χ2n) is 8.86. The first kappa shape index (κ1) is 27.1. The number of hydrogen-bond acceptors (Lipinski definition) is 4. The number of nitrogens with zero attached hydrogens (tertiary/aromatic N) is 4. The van der Waals surface area contributed by atoms with Crippen LogP contribution in [0.15, 0.2) is 104 Å². The molecule has 0 saturated heterocycles. The van der Waals surface area contributed by atoms with Crippen LogP contribution in [0.5, 0.6) is 0 Å². The predicted octanol–water partition coefficient (Wildman–Crippen LogP) is 3.54. The van der Waals surface area contributed by atoms with Crippen LogP contribution < -0.4 is 39.2 Å². The number of nitrogens with one attached hydrogen (secondary N) is 2. The molecule has 6 nitrogen and oxygen atoms in total. The quantitative estimate of drug-likeness (QED) is 0.234. The zero-order valence-corrected chi connectivity index (χ0v) is 23.3. The van der Waals surface area contributed by atoms with Crippen LogP contribution in [0.25, 0.3) is 16.9 Å². The number of imidazole rings is 1. The minimum absolute atomic E-state index is 0. The number of aromatic nitrogens is 4. The third-order valence-corrected chi connectivity index (χ3v) is 5.39. The van der Waals surface area contributed by atoms with Crippen molar-refractivity contribution < 1.29 is 28.5 Å². The first-order valence-corrected chi connectivity index (χ1v) is 12.0. The molecule has 0 atom stereocenters. The van der Waals surface area contributed by atoms with Crippen molar-refractivity contribution in [3.8, 4) is 5.69 Å². The summed E-state index contributed by atoms with van der Waals surface area (Å²) in [4.78, 5) is 8.86. The number of anilines is 3. The number of benzene rings is 2. The molecule has 2 aromatic carbocycles. The van der Waals surface area contributed by atoms with Gasteiger partial charge in [0.05, 0.1) is 11.7 Å². The lowest BCUT2D eigenvalue weighted by Gasteiger charge is -2.14. The van der Waals surface area contributed by atoms with E-state index in [1.807, 2.05) is 72.9 Å². The van der Waals surface area contributed by atoms with Gasteiger partial charge in [0.25, 0.3) is 12.0 Å². The molecular formula is C29H33IN6. The Hall–Kier alpha value is -3.46. The summed E-state index contributed by atoms with van der Waals surface area (Å²) < 4.78 is 4.38. The number of para-hydroxylation sites is 2. The maximum Gasteiger partial charge on any atom is 0.273 e. The highest BCUT2D eigenvalue weighted by molar-refractivity contribution is 5.70. The Bertz CT molecular complexity index is 1350. The van der Waals surface area contributed by atoms with Crippen molar-refractivity contribution in [1.82, 2.24) is 14.5 Å². The van der Waals surface area contributed by atoms with Crippen LogP contribution in [0.3, 0.4) is 0 Å². The van der Waals surface area contributed by atoms with Crippen LogP contribution in [-0.4, -0.2) is 20.6 Å². The van der Waals surface area contributed by atoms with Crippen LogP contribution in [0.4, 0.5) is 17.2 Å². The highest BCUT2D eigenvalue weighted by Gasteiger charge is 2.19. The van der Waals surface area contributed by atoms with Gasteiger partial charge in [-0.3, -0.25) is 0 Å². The predicted molar refractivity (Wildman–Crippen MR) is 144 cm³/mol. The fraction of sp³-hybridized carbons (Fsp3) is 0.207. The van der Waals surface area contributed by atoms with Crippen molar-refractivity contribution in [2.45, 2.75) is 39.8 Å². The topological polar surface area (TPSA) is 58.7 Å². The average molecular weight is 593 g/mol. The molecule has 0 radical (unpaired) electrons. The Morgan fingerprint density at radius 3 is 2.06 bits per heavy atom. The molecule has 36 heavy (non-hydrogen) atoms. The summed E-state index contributed by atoms with van der Waals surface area (Å²) in [6.07, 6.45) is 5.75. The second-order valence-corrected chi connectivity index (χ2v) is 8.86. The molecule has 0 amide bonds. The first-order chi connectivity index (χ1) is 17.0. The largest absolute Gasteiger partial charge is 1.00 e. The monoisotopic (exact) mass is 592 g/mol. The van der Waals surface area contributed by atoms with Crippen molar-refractivity contribution in [1.29, 1.82) is 0 Å². The minimum Gasteiger partial charge on any atom is -1.00 e. The first-order valence-electron chi connectivity index (χ1n) is 12.0. The van der Waals surface area contributed by atoms with E-state index in [0.717, 1.165) is 34.0 Å². The maximum absolute atomic E-state index is 4.50. The summed E-state index contributed by atoms with van der Waals surface area (Å²) in [5.41, 5.74) is 5.36. The van der Waals surface area contributed by atoms with E-state index in [2.05, 4.69) is 82.0 Å². The van der Waals surface area contributed by atoms with Gasteiger partial charge in [-0.1, -0.05) is 36.4 Å². The highest BCUT2D eigenvalue weighted by atomic mass is 127. The minimum atomic E-state index is 0. The normalized spacial score (nSPS) is 10.5. The van der Waals surface area contributed by atoms with Gasteiger partial charge in [0.2, 0.25) is 0 Å². The van der Waals surface area contributed by atoms with E-state index in [4.69, 9.17) is 0 Å². The van der Waals surface area contributed by atoms with Gasteiger partial charge in [0.15, 0.2) is 11.3 Å². The molecule has 7 heteroatoms. The number of halogens is 1. The van der Waals surface area contributed by atoms with Crippen LogP contribution in [0.2, 0.25) is 0 Å². The molecule has 186 valence electrons. The smallest absolute Gasteiger partial charge is 0.273 e. The Kier molecular flexibility index (Phi) is 9.81. The van der Waals surface area contributed by atoms with Gasteiger partial charge in [-0.25, -0.2) is 14.5 Å². The van der Waals surface area contributed by atoms with Gasteiger partial charge >= 0.3 is 0 Å². The number of pyridine rings is 2. The summed E-state index contributed by atoms with van der Waals surface area (Å²) in [7, 11) is 0. The van der Waals surface area contributed by atoms with Crippen LogP contribution in [-0.2, 0) is 0 Å². The molecule has 5 aromatic rings. The molecule has 0 aliphatic heterocycles. The molecule has 0 aliphatic rings. The van der Waals surface area contributed by atoms with E-state index >= 15 is 0 Å². The van der Waals surface area contributed by atoms with E-state index in [9.17, 15) is 0 Å².